The molecule has 1 saturated heterocycles. The maximum atomic E-state index is 12.8. The minimum Gasteiger partial charge on any atom is -0.494 e. The Balaban J connectivity index is 1.83. The van der Waals surface area contributed by atoms with E-state index < -0.39 is 12.0 Å². The highest BCUT2D eigenvalue weighted by Crippen LogP contribution is 2.22. The van der Waals surface area contributed by atoms with Crippen molar-refractivity contribution in [3.8, 4) is 11.4 Å². The molecule has 2 aromatic rings. The lowest BCUT2D eigenvalue weighted by Crippen LogP contribution is -2.49. The summed E-state index contributed by atoms with van der Waals surface area (Å²) >= 11 is 0. The summed E-state index contributed by atoms with van der Waals surface area (Å²) < 4.78 is 12.2. The van der Waals surface area contributed by atoms with E-state index in [9.17, 15) is 9.59 Å². The fraction of sp³-hybridized carbons (Fsp3) is 0.353. The number of para-hydroxylation sites is 2. The zero-order valence-corrected chi connectivity index (χ0v) is 13.8. The monoisotopic (exact) mass is 345 g/mol. The van der Waals surface area contributed by atoms with Crippen LogP contribution in [0.4, 0.5) is 0 Å². The van der Waals surface area contributed by atoms with E-state index in [1.165, 1.54) is 6.20 Å². The van der Waals surface area contributed by atoms with Crippen LogP contribution in [-0.4, -0.2) is 64.6 Å². The standard InChI is InChI=1S/C17H19N3O5/c1-24-15-5-3-2-4-14(15)20-10-12(9-18-20)17(23)19-6-7-25-11-13(19)8-16(21)22/h2-5,9-10,13H,6-8,11H2,1H3,(H,21,22). The fourth-order valence-electron chi connectivity index (χ4n) is 2.84. The number of ether oxygens (including phenoxy) is 2. The van der Waals surface area contributed by atoms with Gasteiger partial charge < -0.3 is 19.5 Å². The number of hydrogen-bond acceptors (Lipinski definition) is 5. The lowest BCUT2D eigenvalue weighted by Gasteiger charge is -2.34. The number of aromatic nitrogens is 2. The topological polar surface area (TPSA) is 93.9 Å². The summed E-state index contributed by atoms with van der Waals surface area (Å²) in [5.74, 6) is -0.576. The van der Waals surface area contributed by atoms with E-state index in [4.69, 9.17) is 14.6 Å². The van der Waals surface area contributed by atoms with Crippen LogP contribution in [0.2, 0.25) is 0 Å². The van der Waals surface area contributed by atoms with E-state index >= 15 is 0 Å². The van der Waals surface area contributed by atoms with Gasteiger partial charge in [0.1, 0.15) is 11.4 Å². The number of hydrogen-bond donors (Lipinski definition) is 1. The first kappa shape index (κ1) is 17.0. The molecule has 8 nitrogen and oxygen atoms in total. The highest BCUT2D eigenvalue weighted by atomic mass is 16.5. The molecule has 0 saturated carbocycles. The summed E-state index contributed by atoms with van der Waals surface area (Å²) in [5.41, 5.74) is 1.11. The highest BCUT2D eigenvalue weighted by molar-refractivity contribution is 5.94. The van der Waals surface area contributed by atoms with Gasteiger partial charge in [-0.25, -0.2) is 4.68 Å². The van der Waals surface area contributed by atoms with E-state index in [0.29, 0.717) is 30.2 Å². The first-order valence-corrected chi connectivity index (χ1v) is 7.88. The largest absolute Gasteiger partial charge is 0.494 e. The number of amides is 1. The Labute approximate surface area is 144 Å². The predicted molar refractivity (Wildman–Crippen MR) is 88.0 cm³/mol. The Morgan fingerprint density at radius 2 is 2.20 bits per heavy atom. The van der Waals surface area contributed by atoms with Crippen molar-refractivity contribution in [2.75, 3.05) is 26.9 Å². The maximum Gasteiger partial charge on any atom is 0.305 e. The molecule has 0 aliphatic carbocycles. The van der Waals surface area contributed by atoms with Gasteiger partial charge in [0.2, 0.25) is 0 Å². The van der Waals surface area contributed by atoms with Crippen molar-refractivity contribution < 1.29 is 24.2 Å². The third-order valence-corrected chi connectivity index (χ3v) is 4.06. The summed E-state index contributed by atoms with van der Waals surface area (Å²) in [6.07, 6.45) is 2.95. The molecule has 0 spiro atoms. The maximum absolute atomic E-state index is 12.8. The normalized spacial score (nSPS) is 17.3. The molecule has 8 heteroatoms. The van der Waals surface area contributed by atoms with Gasteiger partial charge in [0, 0.05) is 12.7 Å². The molecule has 1 fully saturated rings. The van der Waals surface area contributed by atoms with E-state index in [-0.39, 0.29) is 18.9 Å². The molecule has 1 aromatic heterocycles. The fourth-order valence-corrected chi connectivity index (χ4v) is 2.84. The van der Waals surface area contributed by atoms with Gasteiger partial charge in [-0.3, -0.25) is 9.59 Å². The van der Waals surface area contributed by atoms with E-state index in [1.54, 1.807) is 22.9 Å². The molecular weight excluding hydrogens is 326 g/mol. The summed E-state index contributed by atoms with van der Waals surface area (Å²) in [6, 6.07) is 6.87. The Morgan fingerprint density at radius 3 is 2.96 bits per heavy atom. The molecule has 1 unspecified atom stereocenters. The van der Waals surface area contributed by atoms with Gasteiger partial charge in [-0.05, 0) is 12.1 Å². The van der Waals surface area contributed by atoms with Crippen molar-refractivity contribution in [2.45, 2.75) is 12.5 Å². The molecule has 1 amide bonds. The van der Waals surface area contributed by atoms with Gasteiger partial charge in [-0.1, -0.05) is 12.1 Å². The molecule has 1 aliphatic rings. The van der Waals surface area contributed by atoms with Crippen molar-refractivity contribution in [1.29, 1.82) is 0 Å². The Morgan fingerprint density at radius 1 is 1.40 bits per heavy atom. The number of carbonyl (C=O) groups is 2. The first-order chi connectivity index (χ1) is 12.1. The zero-order valence-electron chi connectivity index (χ0n) is 13.8. The number of carboxylic acid groups (broad SMARTS) is 1. The molecule has 25 heavy (non-hydrogen) atoms. The lowest BCUT2D eigenvalue weighted by atomic mass is 10.1. The van der Waals surface area contributed by atoms with Gasteiger partial charge >= 0.3 is 5.97 Å². The van der Waals surface area contributed by atoms with Gasteiger partial charge in [-0.2, -0.15) is 5.10 Å². The van der Waals surface area contributed by atoms with E-state index in [0.717, 1.165) is 0 Å². The SMILES string of the molecule is COc1ccccc1-n1cc(C(=O)N2CCOCC2CC(=O)O)cn1. The minimum atomic E-state index is -0.960. The summed E-state index contributed by atoms with van der Waals surface area (Å²) in [6.45, 7) is 0.970. The van der Waals surface area contributed by atoms with Crippen LogP contribution in [0.15, 0.2) is 36.7 Å². The summed E-state index contributed by atoms with van der Waals surface area (Å²) in [5, 5.41) is 13.3. The van der Waals surface area contributed by atoms with Crippen molar-refractivity contribution in [1.82, 2.24) is 14.7 Å². The average Bonchev–Trinajstić information content (AvgIpc) is 3.11. The Bertz CT molecular complexity index is 773. The number of nitrogens with zero attached hydrogens (tertiary/aromatic N) is 3. The van der Waals surface area contributed by atoms with Gasteiger partial charge in [0.05, 0.1) is 44.5 Å². The predicted octanol–water partition coefficient (Wildman–Crippen LogP) is 1.20. The third kappa shape index (κ3) is 3.63. The van der Waals surface area contributed by atoms with Crippen LogP contribution >= 0.6 is 0 Å². The number of carboxylic acids is 1. The van der Waals surface area contributed by atoms with Crippen LogP contribution in [0.5, 0.6) is 5.75 Å². The molecule has 0 bridgehead atoms. The minimum absolute atomic E-state index is 0.146. The van der Waals surface area contributed by atoms with Crippen molar-refractivity contribution in [3.63, 3.8) is 0 Å². The van der Waals surface area contributed by atoms with E-state index in [2.05, 4.69) is 5.10 Å². The second-order valence-corrected chi connectivity index (χ2v) is 5.67. The Kier molecular flexibility index (Phi) is 4.99. The molecule has 1 aromatic carbocycles. The lowest BCUT2D eigenvalue weighted by molar-refractivity contribution is -0.139. The number of rotatable bonds is 5. The Hall–Kier alpha value is -2.87. The molecule has 132 valence electrons. The van der Waals surface area contributed by atoms with Crippen LogP contribution in [0.1, 0.15) is 16.8 Å². The number of morpholine rings is 1. The molecule has 1 N–H and O–H groups in total. The number of benzene rings is 1. The number of methoxy groups -OCH3 is 1. The van der Waals surface area contributed by atoms with Crippen LogP contribution < -0.4 is 4.74 Å². The second kappa shape index (κ2) is 7.35. The quantitative estimate of drug-likeness (QED) is 0.875. The molecule has 1 aliphatic heterocycles. The van der Waals surface area contributed by atoms with Gasteiger partial charge in [-0.15, -0.1) is 0 Å². The first-order valence-electron chi connectivity index (χ1n) is 7.88. The smallest absolute Gasteiger partial charge is 0.305 e. The number of carbonyl (C=O) groups excluding carboxylic acids is 1. The van der Waals surface area contributed by atoms with Crippen molar-refractivity contribution >= 4 is 11.9 Å². The number of aliphatic carboxylic acids is 1. The average molecular weight is 345 g/mol. The van der Waals surface area contributed by atoms with Crippen LogP contribution in [-0.2, 0) is 9.53 Å². The van der Waals surface area contributed by atoms with Crippen LogP contribution in [0.3, 0.4) is 0 Å². The van der Waals surface area contributed by atoms with Gasteiger partial charge in [0.25, 0.3) is 5.91 Å². The van der Waals surface area contributed by atoms with Crippen molar-refractivity contribution in [3.05, 3.63) is 42.2 Å². The van der Waals surface area contributed by atoms with E-state index in [1.807, 2.05) is 24.3 Å². The summed E-state index contributed by atoms with van der Waals surface area (Å²) in [7, 11) is 1.57. The molecule has 1 atom stereocenters. The third-order valence-electron chi connectivity index (χ3n) is 4.06. The zero-order chi connectivity index (χ0) is 17.8. The molecule has 3 rings (SSSR count). The molecule has 0 radical (unpaired) electrons. The summed E-state index contributed by atoms with van der Waals surface area (Å²) in [4.78, 5) is 25.3. The molecule has 2 heterocycles. The highest BCUT2D eigenvalue weighted by Gasteiger charge is 2.30. The second-order valence-electron chi connectivity index (χ2n) is 5.67. The van der Waals surface area contributed by atoms with Crippen LogP contribution in [0, 0.1) is 0 Å². The van der Waals surface area contributed by atoms with Crippen molar-refractivity contribution in [2.24, 2.45) is 0 Å². The molecular formula is C17H19N3O5. The van der Waals surface area contributed by atoms with Crippen LogP contribution in [0.25, 0.3) is 5.69 Å². The van der Waals surface area contributed by atoms with Gasteiger partial charge in [0.15, 0.2) is 0 Å².